The average Bonchev–Trinajstić information content (AvgIpc) is 2.80. The van der Waals surface area contributed by atoms with Crippen LogP contribution in [-0.2, 0) is 11.3 Å². The molecule has 0 spiro atoms. The number of nitrogens with two attached hydrogens (primary N) is 1. The highest BCUT2D eigenvalue weighted by Crippen LogP contribution is 2.22. The van der Waals surface area contributed by atoms with Crippen molar-refractivity contribution in [2.75, 3.05) is 7.05 Å². The third kappa shape index (κ3) is 3.30. The van der Waals surface area contributed by atoms with Gasteiger partial charge in [0.15, 0.2) is 0 Å². The van der Waals surface area contributed by atoms with E-state index < -0.39 is 6.04 Å². The fourth-order valence-corrected chi connectivity index (χ4v) is 3.01. The molecule has 1 amide bonds. The van der Waals surface area contributed by atoms with Crippen LogP contribution in [-0.4, -0.2) is 28.9 Å². The molecule has 0 unspecified atom stereocenters. The molecule has 2 rings (SSSR count). The first-order valence-corrected chi connectivity index (χ1v) is 7.28. The number of nitrogens with zero attached hydrogens (tertiary/aromatic N) is 2. The highest BCUT2D eigenvalue weighted by atomic mass is 32.1. The van der Waals surface area contributed by atoms with Crippen LogP contribution in [0.1, 0.15) is 24.8 Å². The molecule has 102 valence electrons. The summed E-state index contributed by atoms with van der Waals surface area (Å²) in [6.07, 6.45) is 1.64. The number of para-hydroxylation sites is 1. The zero-order valence-electron chi connectivity index (χ0n) is 11.3. The van der Waals surface area contributed by atoms with Gasteiger partial charge in [0.25, 0.3) is 0 Å². The number of rotatable bonds is 5. The second-order valence-corrected chi connectivity index (χ2v) is 5.78. The van der Waals surface area contributed by atoms with E-state index in [9.17, 15) is 4.79 Å². The lowest BCUT2D eigenvalue weighted by atomic mass is 10.1. The van der Waals surface area contributed by atoms with Crippen molar-refractivity contribution in [2.45, 2.75) is 32.4 Å². The van der Waals surface area contributed by atoms with Crippen LogP contribution in [0.4, 0.5) is 0 Å². The third-order valence-corrected chi connectivity index (χ3v) is 4.02. The Labute approximate surface area is 117 Å². The van der Waals surface area contributed by atoms with Gasteiger partial charge < -0.3 is 10.6 Å². The lowest BCUT2D eigenvalue weighted by Gasteiger charge is -2.19. The van der Waals surface area contributed by atoms with Crippen molar-refractivity contribution in [3.05, 3.63) is 29.3 Å². The fourth-order valence-electron chi connectivity index (χ4n) is 1.99. The number of amides is 1. The van der Waals surface area contributed by atoms with Crippen molar-refractivity contribution >= 4 is 27.5 Å². The maximum Gasteiger partial charge on any atom is 0.239 e. The van der Waals surface area contributed by atoms with Crippen LogP contribution in [0.15, 0.2) is 24.3 Å². The standard InChI is InChI=1S/C14H19N3OS/c1-3-6-10(15)14(18)17(2)9-13-16-11-7-4-5-8-12(11)19-13/h4-5,7-8,10H,3,6,9,15H2,1-2H3/t10-/m1/s1. The van der Waals surface area contributed by atoms with Gasteiger partial charge in [0, 0.05) is 7.05 Å². The van der Waals surface area contributed by atoms with Crippen LogP contribution in [0.25, 0.3) is 10.2 Å². The summed E-state index contributed by atoms with van der Waals surface area (Å²) in [7, 11) is 1.78. The number of benzene rings is 1. The van der Waals surface area contributed by atoms with Crippen molar-refractivity contribution in [3.8, 4) is 0 Å². The summed E-state index contributed by atoms with van der Waals surface area (Å²) in [5, 5.41) is 0.945. The number of hydrogen-bond donors (Lipinski definition) is 1. The van der Waals surface area contributed by atoms with Crippen LogP contribution >= 0.6 is 11.3 Å². The summed E-state index contributed by atoms with van der Waals surface area (Å²) in [5.74, 6) is -0.0129. The Hall–Kier alpha value is -1.46. The van der Waals surface area contributed by atoms with E-state index in [0.717, 1.165) is 28.1 Å². The van der Waals surface area contributed by atoms with E-state index in [1.165, 1.54) is 0 Å². The molecular weight excluding hydrogens is 258 g/mol. The van der Waals surface area contributed by atoms with Crippen molar-refractivity contribution in [2.24, 2.45) is 5.73 Å². The number of aromatic nitrogens is 1. The second kappa shape index (κ2) is 6.12. The number of thiazole rings is 1. The molecule has 0 saturated carbocycles. The minimum absolute atomic E-state index is 0.0129. The highest BCUT2D eigenvalue weighted by molar-refractivity contribution is 7.18. The Kier molecular flexibility index (Phi) is 4.50. The van der Waals surface area contributed by atoms with Gasteiger partial charge in [-0.2, -0.15) is 0 Å². The summed E-state index contributed by atoms with van der Waals surface area (Å²) in [5.41, 5.74) is 6.84. The quantitative estimate of drug-likeness (QED) is 0.913. The van der Waals surface area contributed by atoms with Crippen molar-refractivity contribution in [3.63, 3.8) is 0 Å². The van der Waals surface area contributed by atoms with E-state index in [4.69, 9.17) is 5.73 Å². The second-order valence-electron chi connectivity index (χ2n) is 4.66. The maximum atomic E-state index is 12.0. The largest absolute Gasteiger partial charge is 0.338 e. The molecule has 0 aliphatic heterocycles. The molecule has 0 radical (unpaired) electrons. The van der Waals surface area contributed by atoms with E-state index in [1.807, 2.05) is 31.2 Å². The number of likely N-dealkylation sites (N-methyl/N-ethyl adjacent to an activating group) is 1. The number of carbonyl (C=O) groups is 1. The molecular formula is C14H19N3OS. The monoisotopic (exact) mass is 277 g/mol. The number of carbonyl (C=O) groups excluding carboxylic acids is 1. The van der Waals surface area contributed by atoms with Crippen LogP contribution in [0.2, 0.25) is 0 Å². The lowest BCUT2D eigenvalue weighted by molar-refractivity contribution is -0.131. The minimum atomic E-state index is -0.399. The number of hydrogen-bond acceptors (Lipinski definition) is 4. The van der Waals surface area contributed by atoms with E-state index in [0.29, 0.717) is 6.54 Å². The zero-order valence-corrected chi connectivity index (χ0v) is 12.1. The van der Waals surface area contributed by atoms with Crippen LogP contribution in [0.3, 0.4) is 0 Å². The molecule has 2 aromatic rings. The molecule has 0 aliphatic rings. The van der Waals surface area contributed by atoms with E-state index in [2.05, 4.69) is 4.98 Å². The Morgan fingerprint density at radius 1 is 1.47 bits per heavy atom. The highest BCUT2D eigenvalue weighted by Gasteiger charge is 2.18. The van der Waals surface area contributed by atoms with Gasteiger partial charge in [0.05, 0.1) is 22.8 Å². The van der Waals surface area contributed by atoms with Gasteiger partial charge in [-0.1, -0.05) is 25.5 Å². The molecule has 0 bridgehead atoms. The van der Waals surface area contributed by atoms with Crippen LogP contribution < -0.4 is 5.73 Å². The molecule has 2 N–H and O–H groups in total. The summed E-state index contributed by atoms with van der Waals surface area (Å²) in [4.78, 5) is 18.2. The molecule has 5 heteroatoms. The first-order chi connectivity index (χ1) is 9.11. The molecule has 1 aromatic heterocycles. The maximum absolute atomic E-state index is 12.0. The smallest absolute Gasteiger partial charge is 0.239 e. The van der Waals surface area contributed by atoms with Gasteiger partial charge in [0.2, 0.25) is 5.91 Å². The predicted molar refractivity (Wildman–Crippen MR) is 79.0 cm³/mol. The minimum Gasteiger partial charge on any atom is -0.338 e. The van der Waals surface area contributed by atoms with Gasteiger partial charge in [-0.05, 0) is 18.6 Å². The summed E-state index contributed by atoms with van der Waals surface area (Å²) < 4.78 is 1.15. The topological polar surface area (TPSA) is 59.2 Å². The SMILES string of the molecule is CCC[C@@H](N)C(=O)N(C)Cc1nc2ccccc2s1. The van der Waals surface area contributed by atoms with E-state index >= 15 is 0 Å². The summed E-state index contributed by atoms with van der Waals surface area (Å²) in [6, 6.07) is 7.60. The predicted octanol–water partition coefficient (Wildman–Crippen LogP) is 2.38. The first kappa shape index (κ1) is 14.0. The van der Waals surface area contributed by atoms with Gasteiger partial charge in [-0.25, -0.2) is 4.98 Å². The Morgan fingerprint density at radius 3 is 2.89 bits per heavy atom. The zero-order chi connectivity index (χ0) is 13.8. The van der Waals surface area contributed by atoms with Gasteiger partial charge in [-0.3, -0.25) is 4.79 Å². The Morgan fingerprint density at radius 2 is 2.21 bits per heavy atom. The molecule has 4 nitrogen and oxygen atoms in total. The fraction of sp³-hybridized carbons (Fsp3) is 0.429. The Balaban J connectivity index is 2.05. The lowest BCUT2D eigenvalue weighted by Crippen LogP contribution is -2.41. The van der Waals surface area contributed by atoms with Gasteiger partial charge >= 0.3 is 0 Å². The molecule has 1 aromatic carbocycles. The van der Waals surface area contributed by atoms with Crippen molar-refractivity contribution in [1.82, 2.24) is 9.88 Å². The molecule has 1 heterocycles. The first-order valence-electron chi connectivity index (χ1n) is 6.46. The normalized spacial score (nSPS) is 12.6. The molecule has 1 atom stereocenters. The molecule has 0 fully saturated rings. The van der Waals surface area contributed by atoms with Crippen LogP contribution in [0, 0.1) is 0 Å². The Bertz CT molecular complexity index is 534. The average molecular weight is 277 g/mol. The van der Waals surface area contributed by atoms with E-state index in [-0.39, 0.29) is 5.91 Å². The van der Waals surface area contributed by atoms with Crippen molar-refractivity contribution < 1.29 is 4.79 Å². The van der Waals surface area contributed by atoms with Gasteiger partial charge in [0.1, 0.15) is 5.01 Å². The summed E-state index contributed by atoms with van der Waals surface area (Å²) >= 11 is 1.62. The molecule has 0 aliphatic carbocycles. The van der Waals surface area contributed by atoms with Gasteiger partial charge in [-0.15, -0.1) is 11.3 Å². The summed E-state index contributed by atoms with van der Waals surface area (Å²) in [6.45, 7) is 2.55. The van der Waals surface area contributed by atoms with E-state index in [1.54, 1.807) is 23.3 Å². The number of fused-ring (bicyclic) bond motifs is 1. The molecule has 0 saturated heterocycles. The molecule has 19 heavy (non-hydrogen) atoms. The van der Waals surface area contributed by atoms with Crippen LogP contribution in [0.5, 0.6) is 0 Å². The third-order valence-electron chi connectivity index (χ3n) is 3.00. The van der Waals surface area contributed by atoms with Crippen molar-refractivity contribution in [1.29, 1.82) is 0 Å².